The van der Waals surface area contributed by atoms with Crippen molar-refractivity contribution in [3.05, 3.63) is 60.9 Å². The zero-order chi connectivity index (χ0) is 13.4. The highest BCUT2D eigenvalue weighted by Crippen LogP contribution is 2.28. The number of nitrogens with zero attached hydrogens (tertiary/aromatic N) is 4. The Morgan fingerprint density at radius 3 is 2.95 bits per heavy atom. The molecule has 0 spiro atoms. The Morgan fingerprint density at radius 2 is 1.95 bits per heavy atom. The monoisotopic (exact) mass is 278 g/mol. The molecule has 1 aromatic carbocycles. The van der Waals surface area contributed by atoms with E-state index in [1.54, 1.807) is 18.0 Å². The third-order valence-corrected chi connectivity index (χ3v) is 4.02. The molecule has 0 N–H and O–H groups in total. The zero-order valence-electron chi connectivity index (χ0n) is 10.5. The maximum atomic E-state index is 4.33. The Morgan fingerprint density at radius 1 is 0.950 bits per heavy atom. The molecule has 96 valence electrons. The summed E-state index contributed by atoms with van der Waals surface area (Å²) in [7, 11) is 0. The second-order valence-corrected chi connectivity index (χ2v) is 5.41. The molecule has 0 amide bonds. The molecule has 0 aliphatic carbocycles. The third kappa shape index (κ3) is 1.92. The summed E-state index contributed by atoms with van der Waals surface area (Å²) >= 11 is 1.60. The van der Waals surface area contributed by atoms with Crippen LogP contribution >= 0.6 is 11.8 Å². The van der Waals surface area contributed by atoms with Gasteiger partial charge in [0.1, 0.15) is 0 Å². The van der Waals surface area contributed by atoms with Crippen LogP contribution in [0.1, 0.15) is 0 Å². The van der Waals surface area contributed by atoms with Crippen LogP contribution in [0.2, 0.25) is 0 Å². The first-order valence-electron chi connectivity index (χ1n) is 6.22. The van der Waals surface area contributed by atoms with E-state index in [1.807, 2.05) is 40.9 Å². The normalized spacial score (nSPS) is 11.2. The smallest absolute Gasteiger partial charge is 0.200 e. The van der Waals surface area contributed by atoms with Gasteiger partial charge < -0.3 is 0 Å². The van der Waals surface area contributed by atoms with Crippen LogP contribution in [0.25, 0.3) is 16.6 Å². The summed E-state index contributed by atoms with van der Waals surface area (Å²) in [4.78, 5) is 5.46. The summed E-state index contributed by atoms with van der Waals surface area (Å²) in [6.45, 7) is 0. The minimum absolute atomic E-state index is 0.859. The van der Waals surface area contributed by atoms with Gasteiger partial charge in [-0.2, -0.15) is 0 Å². The molecule has 4 nitrogen and oxygen atoms in total. The van der Waals surface area contributed by atoms with Crippen molar-refractivity contribution in [1.82, 2.24) is 19.6 Å². The lowest BCUT2D eigenvalue weighted by Gasteiger charge is -2.02. The molecule has 0 unspecified atom stereocenters. The summed E-state index contributed by atoms with van der Waals surface area (Å²) in [6, 6.07) is 16.1. The molecule has 20 heavy (non-hydrogen) atoms. The van der Waals surface area contributed by atoms with Crippen LogP contribution in [0.5, 0.6) is 0 Å². The van der Waals surface area contributed by atoms with Gasteiger partial charge in [-0.3, -0.25) is 9.38 Å². The Bertz CT molecular complexity index is 900. The first kappa shape index (κ1) is 11.4. The lowest BCUT2D eigenvalue weighted by Crippen LogP contribution is -1.86. The number of fused-ring (bicyclic) bond motifs is 2. The van der Waals surface area contributed by atoms with Crippen molar-refractivity contribution in [2.24, 2.45) is 0 Å². The highest BCUT2D eigenvalue weighted by molar-refractivity contribution is 7.99. The van der Waals surface area contributed by atoms with E-state index in [9.17, 15) is 0 Å². The Kier molecular flexibility index (Phi) is 2.63. The van der Waals surface area contributed by atoms with Gasteiger partial charge in [0, 0.05) is 22.7 Å². The van der Waals surface area contributed by atoms with Crippen LogP contribution in [-0.2, 0) is 0 Å². The van der Waals surface area contributed by atoms with Crippen LogP contribution in [-0.4, -0.2) is 19.6 Å². The molecule has 4 rings (SSSR count). The molecule has 0 aliphatic heterocycles. The van der Waals surface area contributed by atoms with E-state index >= 15 is 0 Å². The third-order valence-electron chi connectivity index (χ3n) is 3.07. The topological polar surface area (TPSA) is 43.1 Å². The Hall–Kier alpha value is -2.40. The van der Waals surface area contributed by atoms with Gasteiger partial charge in [0.15, 0.2) is 10.8 Å². The predicted octanol–water partition coefficient (Wildman–Crippen LogP) is 3.43. The first-order valence-corrected chi connectivity index (χ1v) is 7.04. The zero-order valence-corrected chi connectivity index (χ0v) is 11.3. The van der Waals surface area contributed by atoms with Gasteiger partial charge >= 0.3 is 0 Å². The quantitative estimate of drug-likeness (QED) is 0.563. The minimum atomic E-state index is 0.859. The summed E-state index contributed by atoms with van der Waals surface area (Å²) in [5, 5.41) is 10.4. The molecule has 0 saturated heterocycles. The number of pyridine rings is 2. The summed E-state index contributed by atoms with van der Waals surface area (Å²) in [5.74, 6) is 0. The number of rotatable bonds is 2. The average molecular weight is 278 g/mol. The van der Waals surface area contributed by atoms with Crippen molar-refractivity contribution >= 4 is 28.3 Å². The highest BCUT2D eigenvalue weighted by Gasteiger charge is 2.07. The van der Waals surface area contributed by atoms with Gasteiger partial charge in [0.05, 0.1) is 5.52 Å². The number of benzene rings is 1. The molecular weight excluding hydrogens is 268 g/mol. The summed E-state index contributed by atoms with van der Waals surface area (Å²) in [5.41, 5.74) is 1.86. The molecule has 0 atom stereocenters. The summed E-state index contributed by atoms with van der Waals surface area (Å²) < 4.78 is 1.98. The van der Waals surface area contributed by atoms with E-state index in [-0.39, 0.29) is 0 Å². The van der Waals surface area contributed by atoms with E-state index in [4.69, 9.17) is 0 Å². The van der Waals surface area contributed by atoms with E-state index in [2.05, 4.69) is 33.4 Å². The first-order chi connectivity index (χ1) is 9.90. The molecule has 4 aromatic rings. The van der Waals surface area contributed by atoms with Gasteiger partial charge in [-0.15, -0.1) is 10.2 Å². The maximum Gasteiger partial charge on any atom is 0.200 e. The van der Waals surface area contributed by atoms with E-state index < -0.39 is 0 Å². The summed E-state index contributed by atoms with van der Waals surface area (Å²) in [6.07, 6.45) is 3.78. The van der Waals surface area contributed by atoms with Crippen molar-refractivity contribution in [1.29, 1.82) is 0 Å². The van der Waals surface area contributed by atoms with Crippen LogP contribution in [0, 0.1) is 0 Å². The van der Waals surface area contributed by atoms with E-state index in [1.165, 1.54) is 0 Å². The fourth-order valence-corrected chi connectivity index (χ4v) is 2.98. The van der Waals surface area contributed by atoms with Crippen molar-refractivity contribution in [3.8, 4) is 0 Å². The second kappa shape index (κ2) is 4.61. The van der Waals surface area contributed by atoms with Crippen molar-refractivity contribution in [2.45, 2.75) is 10.1 Å². The van der Waals surface area contributed by atoms with Gasteiger partial charge in [-0.1, -0.05) is 12.1 Å². The largest absolute Gasteiger partial charge is 0.277 e. The van der Waals surface area contributed by atoms with Gasteiger partial charge in [0.2, 0.25) is 0 Å². The standard InChI is InChI=1S/C15H10N4S/c1-2-9-19-14(5-1)17-18-15(19)20-12-6-7-13-11(10-12)4-3-8-16-13/h1-10H. The number of hydrogen-bond donors (Lipinski definition) is 0. The molecule has 0 aliphatic rings. The van der Waals surface area contributed by atoms with Crippen LogP contribution < -0.4 is 0 Å². The Labute approximate surface area is 119 Å². The molecule has 3 aromatic heterocycles. The predicted molar refractivity (Wildman–Crippen MR) is 78.9 cm³/mol. The second-order valence-electron chi connectivity index (χ2n) is 4.37. The molecule has 5 heteroatoms. The fraction of sp³-hybridized carbons (Fsp3) is 0. The fourth-order valence-electron chi connectivity index (χ4n) is 2.11. The number of hydrogen-bond acceptors (Lipinski definition) is 4. The SMILES string of the molecule is c1cnc2ccc(Sc3nnc4ccccn34)cc2c1. The van der Waals surface area contributed by atoms with E-state index in [0.29, 0.717) is 0 Å². The molecular formula is C15H10N4S. The van der Waals surface area contributed by atoms with E-state index in [0.717, 1.165) is 26.6 Å². The van der Waals surface area contributed by atoms with Gasteiger partial charge in [-0.05, 0) is 48.2 Å². The molecule has 0 radical (unpaired) electrons. The van der Waals surface area contributed by atoms with Crippen molar-refractivity contribution in [2.75, 3.05) is 0 Å². The molecule has 0 bridgehead atoms. The van der Waals surface area contributed by atoms with Crippen molar-refractivity contribution < 1.29 is 0 Å². The lowest BCUT2D eigenvalue weighted by atomic mass is 10.2. The molecule has 0 saturated carbocycles. The minimum Gasteiger partial charge on any atom is -0.277 e. The van der Waals surface area contributed by atoms with Crippen LogP contribution in [0.15, 0.2) is 71.0 Å². The van der Waals surface area contributed by atoms with Gasteiger partial charge in [0.25, 0.3) is 0 Å². The maximum absolute atomic E-state index is 4.33. The molecule has 3 heterocycles. The highest BCUT2D eigenvalue weighted by atomic mass is 32.2. The Balaban J connectivity index is 1.76. The van der Waals surface area contributed by atoms with Gasteiger partial charge in [-0.25, -0.2) is 0 Å². The average Bonchev–Trinajstić information content (AvgIpc) is 2.91. The van der Waals surface area contributed by atoms with Crippen molar-refractivity contribution in [3.63, 3.8) is 0 Å². The lowest BCUT2D eigenvalue weighted by molar-refractivity contribution is 0.921. The number of aromatic nitrogens is 4. The molecule has 0 fully saturated rings. The van der Waals surface area contributed by atoms with Crippen LogP contribution in [0.3, 0.4) is 0 Å². The van der Waals surface area contributed by atoms with Crippen LogP contribution in [0.4, 0.5) is 0 Å².